The second-order valence-electron chi connectivity index (χ2n) is 6.07. The Morgan fingerprint density at radius 1 is 1.42 bits per heavy atom. The van der Waals surface area contributed by atoms with Crippen molar-refractivity contribution in [2.45, 2.75) is 37.9 Å². The number of carboxylic acid groups (broad SMARTS) is 1. The molecule has 2 aliphatic rings. The number of amides is 1. The number of carbonyl (C=O) groups excluding carboxylic acids is 1. The van der Waals surface area contributed by atoms with Gasteiger partial charge < -0.3 is 20.1 Å². The normalized spacial score (nSPS) is 22.5. The van der Waals surface area contributed by atoms with Crippen LogP contribution in [0.5, 0.6) is 5.75 Å². The molecule has 7 nitrogen and oxygen atoms in total. The zero-order valence-corrected chi connectivity index (χ0v) is 13.2. The molecule has 1 aromatic carbocycles. The number of nitrogens with zero attached hydrogens (tertiary/aromatic N) is 2. The number of nitrogens with one attached hydrogen (secondary N) is 1. The Hall–Kier alpha value is -2.59. The maximum absolute atomic E-state index is 12.6. The average molecular weight is 329 g/mol. The molecule has 0 saturated carbocycles. The van der Waals surface area contributed by atoms with E-state index in [2.05, 4.69) is 11.4 Å². The summed E-state index contributed by atoms with van der Waals surface area (Å²) in [7, 11) is 0. The zero-order chi connectivity index (χ0) is 17.1. The molecule has 0 unspecified atom stereocenters. The van der Waals surface area contributed by atoms with Crippen molar-refractivity contribution in [3.8, 4) is 11.8 Å². The van der Waals surface area contributed by atoms with Crippen LogP contribution in [-0.2, 0) is 22.6 Å². The first-order valence-corrected chi connectivity index (χ1v) is 7.98. The third-order valence-corrected chi connectivity index (χ3v) is 4.49. The number of carboxylic acids is 1. The lowest BCUT2D eigenvalue weighted by Gasteiger charge is -2.30. The fraction of sp³-hybridized carbons (Fsp3) is 0.471. The van der Waals surface area contributed by atoms with Crippen molar-refractivity contribution in [2.75, 3.05) is 13.2 Å². The quantitative estimate of drug-likeness (QED) is 0.842. The highest BCUT2D eigenvalue weighted by Gasteiger charge is 2.34. The van der Waals surface area contributed by atoms with E-state index in [0.29, 0.717) is 25.3 Å². The number of fused-ring (bicyclic) bond motifs is 1. The van der Waals surface area contributed by atoms with E-state index in [1.54, 1.807) is 17.0 Å². The molecule has 2 N–H and O–H groups in total. The third-order valence-electron chi connectivity index (χ3n) is 4.49. The number of hydrogen-bond donors (Lipinski definition) is 2. The van der Waals surface area contributed by atoms with Gasteiger partial charge in [0.2, 0.25) is 5.91 Å². The average Bonchev–Trinajstić information content (AvgIpc) is 3.07. The highest BCUT2D eigenvalue weighted by molar-refractivity contribution is 5.83. The molecule has 0 bridgehead atoms. The first kappa shape index (κ1) is 16.3. The van der Waals surface area contributed by atoms with E-state index in [0.717, 1.165) is 24.0 Å². The highest BCUT2D eigenvalue weighted by Crippen LogP contribution is 2.25. The van der Waals surface area contributed by atoms with Gasteiger partial charge in [0.25, 0.3) is 0 Å². The zero-order valence-electron chi connectivity index (χ0n) is 13.2. The molecule has 2 aliphatic heterocycles. The predicted molar refractivity (Wildman–Crippen MR) is 84.3 cm³/mol. The maximum atomic E-state index is 12.6. The van der Waals surface area contributed by atoms with Crippen LogP contribution >= 0.6 is 0 Å². The van der Waals surface area contributed by atoms with Crippen LogP contribution in [0.2, 0.25) is 0 Å². The summed E-state index contributed by atoms with van der Waals surface area (Å²) in [6.45, 7) is 0.781. The topological polar surface area (TPSA) is 103 Å². The summed E-state index contributed by atoms with van der Waals surface area (Å²) in [4.78, 5) is 24.9. The summed E-state index contributed by atoms with van der Waals surface area (Å²) in [6.07, 6.45) is 2.18. The Kier molecular flexibility index (Phi) is 4.67. The Morgan fingerprint density at radius 2 is 2.25 bits per heavy atom. The lowest BCUT2D eigenvalue weighted by Crippen LogP contribution is -2.50. The minimum atomic E-state index is -1.02. The first-order valence-electron chi connectivity index (χ1n) is 7.98. The number of ether oxygens (including phenoxy) is 1. The largest absolute Gasteiger partial charge is 0.482 e. The summed E-state index contributed by atoms with van der Waals surface area (Å²) in [5, 5.41) is 21.0. The van der Waals surface area contributed by atoms with Crippen LogP contribution in [0.15, 0.2) is 18.2 Å². The number of carbonyl (C=O) groups is 2. The van der Waals surface area contributed by atoms with Crippen LogP contribution in [0, 0.1) is 11.3 Å². The van der Waals surface area contributed by atoms with Gasteiger partial charge in [0, 0.05) is 13.1 Å². The van der Waals surface area contributed by atoms with Crippen LogP contribution in [-0.4, -0.2) is 47.1 Å². The number of benzene rings is 1. The highest BCUT2D eigenvalue weighted by atomic mass is 16.5. The minimum Gasteiger partial charge on any atom is -0.482 e. The van der Waals surface area contributed by atoms with Gasteiger partial charge in [-0.2, -0.15) is 5.26 Å². The molecule has 2 atom stereocenters. The molecule has 1 fully saturated rings. The molecule has 1 aromatic rings. The van der Waals surface area contributed by atoms with E-state index in [1.165, 1.54) is 0 Å². The monoisotopic (exact) mass is 329 g/mol. The van der Waals surface area contributed by atoms with Crippen molar-refractivity contribution in [1.82, 2.24) is 10.2 Å². The number of nitriles is 1. The molecular formula is C17H19N3O4. The van der Waals surface area contributed by atoms with Crippen LogP contribution in [0.3, 0.4) is 0 Å². The number of rotatable bonds is 4. The van der Waals surface area contributed by atoms with Gasteiger partial charge >= 0.3 is 5.97 Å². The van der Waals surface area contributed by atoms with E-state index in [9.17, 15) is 9.59 Å². The number of hydrogen-bond acceptors (Lipinski definition) is 5. The molecule has 0 spiro atoms. The van der Waals surface area contributed by atoms with Crippen LogP contribution in [0.4, 0.5) is 0 Å². The summed E-state index contributed by atoms with van der Waals surface area (Å²) in [5.74, 6) is -0.531. The summed E-state index contributed by atoms with van der Waals surface area (Å²) in [6, 6.07) is 6.97. The molecule has 3 rings (SSSR count). The van der Waals surface area contributed by atoms with E-state index >= 15 is 0 Å². The first-order chi connectivity index (χ1) is 11.6. The lowest BCUT2D eigenvalue weighted by molar-refractivity contribution is -0.139. The molecule has 7 heteroatoms. The van der Waals surface area contributed by atoms with Gasteiger partial charge in [0.15, 0.2) is 6.61 Å². The van der Waals surface area contributed by atoms with Crippen molar-refractivity contribution >= 4 is 11.9 Å². The number of likely N-dealkylation sites (tertiary alicyclic amines) is 1. The molecule has 1 saturated heterocycles. The lowest BCUT2D eigenvalue weighted by atomic mass is 9.94. The molecule has 0 aliphatic carbocycles. The van der Waals surface area contributed by atoms with Crippen LogP contribution in [0.25, 0.3) is 0 Å². The molecule has 2 heterocycles. The fourth-order valence-corrected chi connectivity index (χ4v) is 3.27. The van der Waals surface area contributed by atoms with E-state index in [-0.39, 0.29) is 24.6 Å². The van der Waals surface area contributed by atoms with Gasteiger partial charge in [-0.1, -0.05) is 6.07 Å². The second kappa shape index (κ2) is 6.89. The Balaban J connectivity index is 1.67. The van der Waals surface area contributed by atoms with Gasteiger partial charge in [-0.3, -0.25) is 4.79 Å². The molecule has 0 aromatic heterocycles. The van der Waals surface area contributed by atoms with E-state index < -0.39 is 5.97 Å². The van der Waals surface area contributed by atoms with Gasteiger partial charge in [0.05, 0.1) is 12.1 Å². The van der Waals surface area contributed by atoms with Crippen molar-refractivity contribution in [1.29, 1.82) is 5.26 Å². The second-order valence-corrected chi connectivity index (χ2v) is 6.07. The van der Waals surface area contributed by atoms with Crippen molar-refractivity contribution in [2.24, 2.45) is 0 Å². The van der Waals surface area contributed by atoms with Crippen molar-refractivity contribution in [3.63, 3.8) is 0 Å². The molecule has 126 valence electrons. The molecule has 0 radical (unpaired) electrons. The summed E-state index contributed by atoms with van der Waals surface area (Å²) in [5.41, 5.74) is 2.04. The summed E-state index contributed by atoms with van der Waals surface area (Å²) >= 11 is 0. The van der Waals surface area contributed by atoms with E-state index in [4.69, 9.17) is 15.1 Å². The Morgan fingerprint density at radius 3 is 3.00 bits per heavy atom. The molecular weight excluding hydrogens is 310 g/mol. The number of aliphatic carboxylic acids is 1. The SMILES string of the molecule is N#C[C@H]1CCCN1C(=O)[C@@H]1Cc2ccc(OCC(=O)O)cc2CN1. The fourth-order valence-electron chi connectivity index (χ4n) is 3.27. The smallest absolute Gasteiger partial charge is 0.341 e. The van der Waals surface area contributed by atoms with Crippen LogP contribution < -0.4 is 10.1 Å². The Labute approximate surface area is 139 Å². The maximum Gasteiger partial charge on any atom is 0.341 e. The third kappa shape index (κ3) is 3.34. The molecule has 24 heavy (non-hydrogen) atoms. The molecule has 1 amide bonds. The van der Waals surface area contributed by atoms with Gasteiger partial charge in [-0.05, 0) is 42.5 Å². The summed E-state index contributed by atoms with van der Waals surface area (Å²) < 4.78 is 5.18. The van der Waals surface area contributed by atoms with Gasteiger partial charge in [-0.25, -0.2) is 4.79 Å². The van der Waals surface area contributed by atoms with Crippen molar-refractivity contribution in [3.05, 3.63) is 29.3 Å². The Bertz CT molecular complexity index is 698. The van der Waals surface area contributed by atoms with Crippen LogP contribution in [0.1, 0.15) is 24.0 Å². The van der Waals surface area contributed by atoms with Crippen molar-refractivity contribution < 1.29 is 19.4 Å². The standard InChI is InChI=1S/C17H19N3O4/c18-8-13-2-1-5-20(13)17(23)15-7-11-3-4-14(24-10-16(21)22)6-12(11)9-19-15/h3-4,6,13,15,19H,1-2,5,7,9-10H2,(H,21,22)/t13-,15+/m1/s1. The van der Waals surface area contributed by atoms with Gasteiger partial charge in [-0.15, -0.1) is 0 Å². The minimum absolute atomic E-state index is 0.0177. The van der Waals surface area contributed by atoms with E-state index in [1.807, 2.05) is 6.07 Å². The van der Waals surface area contributed by atoms with Gasteiger partial charge in [0.1, 0.15) is 11.8 Å². The predicted octanol–water partition coefficient (Wildman–Crippen LogP) is 0.679.